The van der Waals surface area contributed by atoms with E-state index in [-0.39, 0.29) is 0 Å². The van der Waals surface area contributed by atoms with Crippen molar-refractivity contribution < 1.29 is 0 Å². The van der Waals surface area contributed by atoms with Gasteiger partial charge >= 0.3 is 0 Å². The Morgan fingerprint density at radius 2 is 2.38 bits per heavy atom. The molecule has 1 aromatic heterocycles. The Labute approximate surface area is 109 Å². The number of hydrogen-bond acceptors (Lipinski definition) is 3. The first-order valence-corrected chi connectivity index (χ1v) is 6.68. The molecule has 1 aliphatic rings. The van der Waals surface area contributed by atoms with Crippen LogP contribution in [0, 0.1) is 0 Å². The van der Waals surface area contributed by atoms with E-state index in [1.54, 1.807) is 6.20 Å². The van der Waals surface area contributed by atoms with Gasteiger partial charge in [-0.15, -0.1) is 0 Å². The summed E-state index contributed by atoms with van der Waals surface area (Å²) in [5.74, 6) is 0.998. The normalized spacial score (nSPS) is 15.9. The third-order valence-electron chi connectivity index (χ3n) is 2.73. The summed E-state index contributed by atoms with van der Waals surface area (Å²) in [5.41, 5.74) is 0. The van der Waals surface area contributed by atoms with Gasteiger partial charge in [-0.2, -0.15) is 0 Å². The average Bonchev–Trinajstić information content (AvgIpc) is 2.14. The molecule has 5 heteroatoms. The zero-order valence-corrected chi connectivity index (χ0v) is 11.6. The number of anilines is 1. The highest BCUT2D eigenvalue weighted by molar-refractivity contribution is 9.10. The average molecular weight is 305 g/mol. The molecule has 3 nitrogen and oxygen atoms in total. The predicted molar refractivity (Wildman–Crippen MR) is 71.2 cm³/mol. The smallest absolute Gasteiger partial charge is 0.143 e. The predicted octanol–water partition coefficient (Wildman–Crippen LogP) is 2.69. The number of rotatable bonds is 4. The summed E-state index contributed by atoms with van der Waals surface area (Å²) in [4.78, 5) is 6.76. The van der Waals surface area contributed by atoms with E-state index in [0.29, 0.717) is 11.1 Å². The second-order valence-electron chi connectivity index (χ2n) is 3.96. The molecule has 0 unspecified atom stereocenters. The molecule has 0 aliphatic carbocycles. The van der Waals surface area contributed by atoms with E-state index in [1.165, 1.54) is 0 Å². The van der Waals surface area contributed by atoms with Crippen molar-refractivity contribution in [2.24, 2.45) is 0 Å². The maximum atomic E-state index is 5.90. The molecule has 0 spiro atoms. The second-order valence-corrected chi connectivity index (χ2v) is 5.26. The van der Waals surface area contributed by atoms with E-state index >= 15 is 0 Å². The lowest BCUT2D eigenvalue weighted by atomic mass is 10.1. The highest BCUT2D eigenvalue weighted by atomic mass is 79.9. The minimum atomic E-state index is 0.560. The number of nitrogens with one attached hydrogen (secondary N) is 1. The van der Waals surface area contributed by atoms with Crippen LogP contribution in [0.25, 0.3) is 0 Å². The minimum absolute atomic E-state index is 0.560. The lowest BCUT2D eigenvalue weighted by molar-refractivity contribution is 0.410. The summed E-state index contributed by atoms with van der Waals surface area (Å²) in [5, 5.41) is 3.96. The van der Waals surface area contributed by atoms with E-state index in [4.69, 9.17) is 11.6 Å². The van der Waals surface area contributed by atoms with E-state index in [2.05, 4.69) is 38.1 Å². The molecule has 1 fully saturated rings. The van der Waals surface area contributed by atoms with Crippen LogP contribution in [0.4, 0.5) is 5.82 Å². The zero-order valence-electron chi connectivity index (χ0n) is 9.21. The highest BCUT2D eigenvalue weighted by Crippen LogP contribution is 2.28. The topological polar surface area (TPSA) is 28.2 Å². The highest BCUT2D eigenvalue weighted by Gasteiger charge is 2.26. The standard InChI is InChI=1S/C11H15BrClN3/c1-2-3-16(9-6-14-7-9)11-10(12)4-8(13)5-15-11/h4-5,9,14H,2-3,6-7H2,1H3. The first kappa shape index (κ1) is 12.1. The molecular formula is C11H15BrClN3. The molecule has 0 aromatic carbocycles. The summed E-state index contributed by atoms with van der Waals surface area (Å²) in [7, 11) is 0. The number of nitrogens with zero attached hydrogens (tertiary/aromatic N) is 2. The molecule has 1 saturated heterocycles. The SMILES string of the molecule is CCCN(c1ncc(Cl)cc1Br)C1CNC1. The van der Waals surface area contributed by atoms with Crippen LogP contribution in [-0.2, 0) is 0 Å². The quantitative estimate of drug-likeness (QED) is 0.927. The van der Waals surface area contributed by atoms with Crippen molar-refractivity contribution in [1.29, 1.82) is 0 Å². The Hall–Kier alpha value is -0.320. The second kappa shape index (κ2) is 5.34. The summed E-state index contributed by atoms with van der Waals surface area (Å²) >= 11 is 9.43. The Balaban J connectivity index is 2.23. The van der Waals surface area contributed by atoms with Gasteiger partial charge in [0.1, 0.15) is 5.82 Å². The number of halogens is 2. The largest absolute Gasteiger partial charge is 0.350 e. The Morgan fingerprint density at radius 1 is 1.62 bits per heavy atom. The fourth-order valence-corrected chi connectivity index (χ4v) is 2.68. The number of pyridine rings is 1. The van der Waals surface area contributed by atoms with Crippen LogP contribution in [-0.4, -0.2) is 30.7 Å². The molecule has 0 amide bonds. The van der Waals surface area contributed by atoms with Crippen molar-refractivity contribution in [2.45, 2.75) is 19.4 Å². The molecule has 1 aliphatic heterocycles. The molecule has 0 bridgehead atoms. The van der Waals surface area contributed by atoms with Crippen LogP contribution in [0.5, 0.6) is 0 Å². The number of aromatic nitrogens is 1. The van der Waals surface area contributed by atoms with Gasteiger partial charge in [-0.3, -0.25) is 0 Å². The molecule has 2 heterocycles. The van der Waals surface area contributed by atoms with Gasteiger partial charge in [0, 0.05) is 25.8 Å². The Morgan fingerprint density at radius 3 is 2.88 bits per heavy atom. The molecular weight excluding hydrogens is 289 g/mol. The van der Waals surface area contributed by atoms with Gasteiger partial charge in [0.2, 0.25) is 0 Å². The molecule has 16 heavy (non-hydrogen) atoms. The van der Waals surface area contributed by atoms with Gasteiger partial charge < -0.3 is 10.2 Å². The van der Waals surface area contributed by atoms with Crippen LogP contribution in [0.3, 0.4) is 0 Å². The van der Waals surface area contributed by atoms with Crippen LogP contribution in [0.2, 0.25) is 5.02 Å². The molecule has 1 aromatic rings. The van der Waals surface area contributed by atoms with Crippen molar-refractivity contribution in [2.75, 3.05) is 24.5 Å². The summed E-state index contributed by atoms with van der Waals surface area (Å²) in [6.07, 6.45) is 2.82. The summed E-state index contributed by atoms with van der Waals surface area (Å²) < 4.78 is 0.973. The first-order valence-electron chi connectivity index (χ1n) is 5.50. The summed E-state index contributed by atoms with van der Waals surface area (Å²) in [6, 6.07) is 2.46. The zero-order chi connectivity index (χ0) is 11.5. The summed E-state index contributed by atoms with van der Waals surface area (Å²) in [6.45, 7) is 5.29. The maximum Gasteiger partial charge on any atom is 0.143 e. The monoisotopic (exact) mass is 303 g/mol. The molecule has 0 saturated carbocycles. The van der Waals surface area contributed by atoms with Gasteiger partial charge in [-0.25, -0.2) is 4.98 Å². The van der Waals surface area contributed by atoms with E-state index in [9.17, 15) is 0 Å². The van der Waals surface area contributed by atoms with Crippen LogP contribution in [0.15, 0.2) is 16.7 Å². The van der Waals surface area contributed by atoms with Crippen LogP contribution < -0.4 is 10.2 Å². The Kier molecular flexibility index (Phi) is 4.05. The van der Waals surface area contributed by atoms with Crippen molar-refractivity contribution >= 4 is 33.3 Å². The van der Waals surface area contributed by atoms with Gasteiger partial charge in [-0.05, 0) is 28.4 Å². The lowest BCUT2D eigenvalue weighted by Gasteiger charge is -2.39. The lowest BCUT2D eigenvalue weighted by Crippen LogP contribution is -2.57. The van der Waals surface area contributed by atoms with Gasteiger partial charge in [0.15, 0.2) is 0 Å². The molecule has 88 valence electrons. The van der Waals surface area contributed by atoms with Gasteiger partial charge in [0.25, 0.3) is 0 Å². The van der Waals surface area contributed by atoms with E-state index < -0.39 is 0 Å². The minimum Gasteiger partial charge on any atom is -0.350 e. The fraction of sp³-hybridized carbons (Fsp3) is 0.545. The molecule has 0 atom stereocenters. The Bertz CT molecular complexity index is 368. The van der Waals surface area contributed by atoms with E-state index in [1.807, 2.05) is 6.07 Å². The fourth-order valence-electron chi connectivity index (χ4n) is 1.81. The van der Waals surface area contributed by atoms with Crippen molar-refractivity contribution in [1.82, 2.24) is 10.3 Å². The number of hydrogen-bond donors (Lipinski definition) is 1. The van der Waals surface area contributed by atoms with Crippen LogP contribution >= 0.6 is 27.5 Å². The third-order valence-corrected chi connectivity index (χ3v) is 3.52. The molecule has 1 N–H and O–H groups in total. The third kappa shape index (κ3) is 2.50. The maximum absolute atomic E-state index is 5.90. The van der Waals surface area contributed by atoms with Crippen LogP contribution in [0.1, 0.15) is 13.3 Å². The van der Waals surface area contributed by atoms with Gasteiger partial charge in [-0.1, -0.05) is 18.5 Å². The van der Waals surface area contributed by atoms with Crippen molar-refractivity contribution in [3.8, 4) is 0 Å². The molecule has 0 radical (unpaired) electrons. The molecule has 2 rings (SSSR count). The van der Waals surface area contributed by atoms with Crippen molar-refractivity contribution in [3.05, 3.63) is 21.8 Å². The van der Waals surface area contributed by atoms with E-state index in [0.717, 1.165) is 36.3 Å². The van der Waals surface area contributed by atoms with Crippen molar-refractivity contribution in [3.63, 3.8) is 0 Å². The van der Waals surface area contributed by atoms with Gasteiger partial charge in [0.05, 0.1) is 15.5 Å². The first-order chi connectivity index (χ1) is 7.72.